The van der Waals surface area contributed by atoms with Crippen molar-refractivity contribution in [2.75, 3.05) is 6.61 Å². The zero-order valence-electron chi connectivity index (χ0n) is 13.4. The van der Waals surface area contributed by atoms with Crippen LogP contribution in [0.2, 0.25) is 0 Å². The minimum atomic E-state index is -1.30. The third-order valence-electron chi connectivity index (χ3n) is 2.82. The number of nitrogens with zero attached hydrogens (tertiary/aromatic N) is 1. The van der Waals surface area contributed by atoms with E-state index in [1.165, 1.54) is 6.07 Å². The van der Waals surface area contributed by atoms with E-state index in [4.69, 9.17) is 9.84 Å². The molecule has 0 bridgehead atoms. The Hall–Kier alpha value is -3.23. The number of nitrogens with one attached hydrogen (secondary N) is 2. The number of carboxylic acid groups (broad SMARTS) is 1. The van der Waals surface area contributed by atoms with Crippen LogP contribution in [-0.4, -0.2) is 40.5 Å². The maximum atomic E-state index is 12.1. The predicted molar refractivity (Wildman–Crippen MR) is 82.1 cm³/mol. The van der Waals surface area contributed by atoms with E-state index < -0.39 is 23.8 Å². The number of amides is 2. The Bertz CT molecular complexity index is 711. The number of hydrogen-bond acceptors (Lipinski definition) is 6. The number of hydrogen-bond donors (Lipinski definition) is 3. The van der Waals surface area contributed by atoms with Crippen molar-refractivity contribution in [3.8, 4) is 0 Å². The highest BCUT2D eigenvalue weighted by Crippen LogP contribution is 2.14. The summed E-state index contributed by atoms with van der Waals surface area (Å²) in [7, 11) is 0. The number of carbonyl (C=O) groups is 4. The number of hydrazine groups is 1. The lowest BCUT2D eigenvalue weighted by atomic mass is 10.1. The Labute approximate surface area is 137 Å². The fourth-order valence-corrected chi connectivity index (χ4v) is 1.74. The lowest BCUT2D eigenvalue weighted by molar-refractivity contribution is -0.131. The molecule has 128 valence electrons. The monoisotopic (exact) mass is 335 g/mol. The second kappa shape index (κ2) is 8.42. The molecule has 0 fully saturated rings. The van der Waals surface area contributed by atoms with Gasteiger partial charge in [-0.2, -0.15) is 0 Å². The summed E-state index contributed by atoms with van der Waals surface area (Å²) in [5.41, 5.74) is 5.11. The normalized spacial score (nSPS) is 10.3. The first-order chi connectivity index (χ1) is 11.3. The van der Waals surface area contributed by atoms with Gasteiger partial charge in [-0.15, -0.1) is 0 Å². The third-order valence-corrected chi connectivity index (χ3v) is 2.82. The summed E-state index contributed by atoms with van der Waals surface area (Å²) in [5.74, 6) is -3.43. The van der Waals surface area contributed by atoms with E-state index in [-0.39, 0.29) is 17.7 Å². The van der Waals surface area contributed by atoms with Gasteiger partial charge in [0.2, 0.25) is 0 Å². The topological polar surface area (TPSA) is 135 Å². The second-order valence-electron chi connectivity index (χ2n) is 4.59. The average molecular weight is 335 g/mol. The van der Waals surface area contributed by atoms with Crippen molar-refractivity contribution in [2.24, 2.45) is 0 Å². The fraction of sp³-hybridized carbons (Fsp3) is 0.267. The molecule has 24 heavy (non-hydrogen) atoms. The zero-order chi connectivity index (χ0) is 18.3. The van der Waals surface area contributed by atoms with E-state index in [1.807, 2.05) is 5.43 Å². The van der Waals surface area contributed by atoms with E-state index in [0.717, 1.165) is 6.08 Å². The molecule has 0 unspecified atom stereocenters. The summed E-state index contributed by atoms with van der Waals surface area (Å²) >= 11 is 0. The number of ether oxygens (including phenoxy) is 1. The van der Waals surface area contributed by atoms with Crippen LogP contribution in [0.3, 0.4) is 0 Å². The van der Waals surface area contributed by atoms with Gasteiger partial charge in [-0.3, -0.25) is 25.4 Å². The highest BCUT2D eigenvalue weighted by Gasteiger charge is 2.18. The van der Waals surface area contributed by atoms with Crippen molar-refractivity contribution in [3.63, 3.8) is 0 Å². The number of pyridine rings is 1. The molecular formula is C15H17N3O6. The van der Waals surface area contributed by atoms with Gasteiger partial charge in [0.1, 0.15) is 0 Å². The molecule has 9 heteroatoms. The molecule has 2 amide bonds. The Balaban J connectivity index is 2.90. The van der Waals surface area contributed by atoms with Gasteiger partial charge in [0.05, 0.1) is 29.1 Å². The van der Waals surface area contributed by atoms with Gasteiger partial charge in [0, 0.05) is 12.2 Å². The lowest BCUT2D eigenvalue weighted by Gasteiger charge is -2.11. The van der Waals surface area contributed by atoms with Crippen molar-refractivity contribution < 1.29 is 29.0 Å². The van der Waals surface area contributed by atoms with Crippen LogP contribution in [0.1, 0.15) is 39.0 Å². The average Bonchev–Trinajstić information content (AvgIpc) is 2.50. The molecule has 0 saturated heterocycles. The number of aromatic nitrogens is 1. The Kier molecular flexibility index (Phi) is 6.60. The molecule has 0 aromatic carbocycles. The van der Waals surface area contributed by atoms with Crippen molar-refractivity contribution in [2.45, 2.75) is 20.8 Å². The number of aryl methyl sites for hydroxylation is 2. The molecule has 0 atom stereocenters. The van der Waals surface area contributed by atoms with Crippen LogP contribution in [0, 0.1) is 13.8 Å². The molecule has 0 radical (unpaired) electrons. The highest BCUT2D eigenvalue weighted by molar-refractivity contribution is 6.01. The van der Waals surface area contributed by atoms with Crippen molar-refractivity contribution in [1.82, 2.24) is 15.8 Å². The zero-order valence-corrected chi connectivity index (χ0v) is 13.4. The van der Waals surface area contributed by atoms with E-state index in [9.17, 15) is 19.2 Å². The summed E-state index contributed by atoms with van der Waals surface area (Å²) in [5, 5.41) is 8.40. The molecule has 9 nitrogen and oxygen atoms in total. The first-order valence-corrected chi connectivity index (χ1v) is 6.93. The van der Waals surface area contributed by atoms with Crippen molar-refractivity contribution in [1.29, 1.82) is 0 Å². The number of carbonyl (C=O) groups excluding carboxylic acids is 3. The van der Waals surface area contributed by atoms with Crippen molar-refractivity contribution in [3.05, 3.63) is 40.7 Å². The maximum Gasteiger partial charge on any atom is 0.339 e. The summed E-state index contributed by atoms with van der Waals surface area (Å²) in [4.78, 5) is 49.7. The Morgan fingerprint density at radius 1 is 1.12 bits per heavy atom. The quantitative estimate of drug-likeness (QED) is 0.399. The number of rotatable bonds is 5. The summed E-state index contributed by atoms with van der Waals surface area (Å²) in [6.45, 7) is 5.02. The minimum absolute atomic E-state index is 0.0752. The van der Waals surface area contributed by atoms with E-state index in [1.54, 1.807) is 20.8 Å². The molecule has 0 aliphatic rings. The molecule has 0 aliphatic heterocycles. The molecule has 0 aliphatic carbocycles. The van der Waals surface area contributed by atoms with Gasteiger partial charge in [0.15, 0.2) is 0 Å². The largest absolute Gasteiger partial charge is 0.478 e. The van der Waals surface area contributed by atoms with Crippen LogP contribution in [-0.2, 0) is 14.3 Å². The van der Waals surface area contributed by atoms with Crippen LogP contribution < -0.4 is 10.9 Å². The fourth-order valence-electron chi connectivity index (χ4n) is 1.74. The van der Waals surface area contributed by atoms with Crippen LogP contribution in [0.5, 0.6) is 0 Å². The maximum absolute atomic E-state index is 12.1. The standard InChI is InChI=1S/C15H17N3O6/c1-4-24-15(23)11-7-10(8(2)16-9(11)3)14(22)18-17-12(19)5-6-13(20)21/h5-7H,4H2,1-3H3,(H,17,19)(H,18,22)(H,20,21)/b6-5+. The van der Waals surface area contributed by atoms with Gasteiger partial charge >= 0.3 is 11.9 Å². The molecule has 1 aromatic rings. The molecule has 1 rings (SSSR count). The predicted octanol–water partition coefficient (Wildman–Crippen LogP) is 0.277. The summed E-state index contributed by atoms with van der Waals surface area (Å²) < 4.78 is 4.89. The van der Waals surface area contributed by atoms with Gasteiger partial charge in [0.25, 0.3) is 11.8 Å². The number of aliphatic carboxylic acids is 1. The molecular weight excluding hydrogens is 318 g/mol. The van der Waals surface area contributed by atoms with Gasteiger partial charge in [-0.1, -0.05) is 0 Å². The molecule has 0 saturated carbocycles. The van der Waals surface area contributed by atoms with Crippen LogP contribution >= 0.6 is 0 Å². The van der Waals surface area contributed by atoms with E-state index in [2.05, 4.69) is 10.4 Å². The first-order valence-electron chi connectivity index (χ1n) is 6.93. The molecule has 0 spiro atoms. The van der Waals surface area contributed by atoms with Crippen molar-refractivity contribution >= 4 is 23.8 Å². The molecule has 1 heterocycles. The third kappa shape index (κ3) is 5.20. The SMILES string of the molecule is CCOC(=O)c1cc(C(=O)NNC(=O)/C=C/C(=O)O)c(C)nc1C. The lowest BCUT2D eigenvalue weighted by Crippen LogP contribution is -2.41. The van der Waals surface area contributed by atoms with Crippen LogP contribution in [0.4, 0.5) is 0 Å². The molecule has 3 N–H and O–H groups in total. The number of carboxylic acids is 1. The minimum Gasteiger partial charge on any atom is -0.478 e. The van der Waals surface area contributed by atoms with Crippen LogP contribution in [0.15, 0.2) is 18.2 Å². The Morgan fingerprint density at radius 3 is 2.33 bits per heavy atom. The van der Waals surface area contributed by atoms with Gasteiger partial charge in [-0.05, 0) is 26.8 Å². The first kappa shape index (κ1) is 18.8. The summed E-state index contributed by atoms with van der Waals surface area (Å²) in [6.07, 6.45) is 1.37. The molecule has 1 aromatic heterocycles. The highest BCUT2D eigenvalue weighted by atomic mass is 16.5. The van der Waals surface area contributed by atoms with E-state index >= 15 is 0 Å². The van der Waals surface area contributed by atoms with Gasteiger partial charge in [-0.25, -0.2) is 9.59 Å². The Morgan fingerprint density at radius 2 is 1.75 bits per heavy atom. The van der Waals surface area contributed by atoms with Gasteiger partial charge < -0.3 is 9.84 Å². The smallest absolute Gasteiger partial charge is 0.339 e. The van der Waals surface area contributed by atoms with Crippen LogP contribution in [0.25, 0.3) is 0 Å². The number of esters is 1. The second-order valence-corrected chi connectivity index (χ2v) is 4.59. The van der Waals surface area contributed by atoms with E-state index in [0.29, 0.717) is 17.5 Å². The summed E-state index contributed by atoms with van der Waals surface area (Å²) in [6, 6.07) is 1.32.